The van der Waals surface area contributed by atoms with E-state index in [0.717, 1.165) is 207 Å². The third-order valence-corrected chi connectivity index (χ3v) is 26.3. The summed E-state index contributed by atoms with van der Waals surface area (Å²) < 4.78 is 26.5. The first kappa shape index (κ1) is 79.1. The van der Waals surface area contributed by atoms with Crippen LogP contribution in [0.3, 0.4) is 0 Å². The van der Waals surface area contributed by atoms with E-state index in [1.807, 2.05) is 67.2 Å². The summed E-state index contributed by atoms with van der Waals surface area (Å²) in [5, 5.41) is 16.0. The molecule has 4 unspecified atom stereocenters. The van der Waals surface area contributed by atoms with Crippen LogP contribution in [0.4, 0.5) is 11.4 Å². The first-order valence-corrected chi connectivity index (χ1v) is 42.6. The predicted octanol–water partition coefficient (Wildman–Crippen LogP) is 17.6. The van der Waals surface area contributed by atoms with Crippen LogP contribution < -0.4 is 9.80 Å². The average molecular weight is 1500 g/mol. The summed E-state index contributed by atoms with van der Waals surface area (Å²) in [7, 11) is 0. The molecule has 21 heteroatoms. The number of thioether (sulfide) groups is 4. The summed E-state index contributed by atoms with van der Waals surface area (Å²) >= 11 is 7.06. The minimum absolute atomic E-state index is 0.0466. The summed E-state index contributed by atoms with van der Waals surface area (Å²) in [4.78, 5) is 49.9. The van der Waals surface area contributed by atoms with Gasteiger partial charge >= 0.3 is 5.97 Å². The van der Waals surface area contributed by atoms with Crippen molar-refractivity contribution in [2.24, 2.45) is 0 Å². The Labute approximate surface area is 640 Å². The number of aryl methyl sites for hydroxylation is 12. The summed E-state index contributed by atoms with van der Waals surface area (Å²) in [6.07, 6.45) is 11.4. The molecule has 6 aliphatic heterocycles. The van der Waals surface area contributed by atoms with Gasteiger partial charge < -0.3 is 42.4 Å². The van der Waals surface area contributed by atoms with Gasteiger partial charge in [0.2, 0.25) is 11.8 Å². The van der Waals surface area contributed by atoms with Crippen LogP contribution >= 0.6 is 47.0 Å². The van der Waals surface area contributed by atoms with Gasteiger partial charge in [0.05, 0.1) is 40.7 Å². The van der Waals surface area contributed by atoms with E-state index < -0.39 is 0 Å². The zero-order valence-corrected chi connectivity index (χ0v) is 67.4. The van der Waals surface area contributed by atoms with E-state index in [1.165, 1.54) is 50.3 Å². The second kappa shape index (κ2) is 38.3. The molecule has 564 valence electrons. The zero-order chi connectivity index (χ0) is 74.1. The maximum Gasteiger partial charge on any atom is 0.306 e. The lowest BCUT2D eigenvalue weighted by Gasteiger charge is -2.39. The molecule has 17 nitrogen and oxygen atoms in total. The topological polar surface area (TPSA) is 181 Å². The molecule has 105 heavy (non-hydrogen) atoms. The number of nitrogens with zero attached hydrogens (tertiary/aromatic N) is 9. The Morgan fingerprint density at radius 1 is 0.410 bits per heavy atom. The molecular formula is C84H111N9O8S4. The highest BCUT2D eigenvalue weighted by atomic mass is 32.2. The van der Waals surface area contributed by atoms with Gasteiger partial charge in [-0.2, -0.15) is 23.5 Å². The fraction of sp³-hybridized carbons (Fsp3) is 0.536. The molecule has 0 spiro atoms. The molecule has 8 aromatic rings. The minimum atomic E-state index is -0.0874. The van der Waals surface area contributed by atoms with Crippen molar-refractivity contribution in [2.75, 3.05) is 78.6 Å². The van der Waals surface area contributed by atoms with Crippen LogP contribution in [0.25, 0.3) is 0 Å². The number of amides is 2. The van der Waals surface area contributed by atoms with Crippen LogP contribution in [0, 0.1) is 83.1 Å². The first-order valence-electron chi connectivity index (χ1n) is 38.0. The number of hydrogen-bond donors (Lipinski definition) is 0. The van der Waals surface area contributed by atoms with E-state index >= 15 is 0 Å². The number of esters is 1. The number of fused-ring (bicyclic) bond motifs is 4. The second-order valence-corrected chi connectivity index (χ2v) is 33.7. The maximum absolute atomic E-state index is 12.9. The lowest BCUT2D eigenvalue weighted by molar-refractivity contribution is -0.149. The highest BCUT2D eigenvalue weighted by molar-refractivity contribution is 7.99. The highest BCUT2D eigenvalue weighted by Gasteiger charge is 2.45. The van der Waals surface area contributed by atoms with Gasteiger partial charge in [-0.05, 0) is 192 Å². The van der Waals surface area contributed by atoms with Gasteiger partial charge in [0.1, 0.15) is 29.1 Å². The largest absolute Gasteiger partial charge is 0.462 e. The Hall–Kier alpha value is -6.91. The van der Waals surface area contributed by atoms with Gasteiger partial charge in [0, 0.05) is 151 Å². The number of carbonyl (C=O) groups is 3. The summed E-state index contributed by atoms with van der Waals surface area (Å²) in [6.45, 7) is 32.0. The molecule has 6 aliphatic rings. The van der Waals surface area contributed by atoms with Crippen molar-refractivity contribution >= 4 is 76.2 Å². The Morgan fingerprint density at radius 3 is 1.11 bits per heavy atom. The molecule has 4 aromatic carbocycles. The Morgan fingerprint density at radius 2 is 0.752 bits per heavy atom. The van der Waals surface area contributed by atoms with Crippen molar-refractivity contribution < 1.29 is 37.2 Å². The summed E-state index contributed by atoms with van der Waals surface area (Å²) in [6, 6.07) is 36.3. The van der Waals surface area contributed by atoms with Crippen molar-refractivity contribution in [2.45, 2.75) is 219 Å². The van der Waals surface area contributed by atoms with Crippen LogP contribution in [0.5, 0.6) is 0 Å². The molecule has 0 aliphatic carbocycles. The molecular weight excluding hydrogens is 1390 g/mol. The number of ether oxygens (including phenoxy) is 1. The second-order valence-electron chi connectivity index (χ2n) is 29.6. The fourth-order valence-electron chi connectivity index (χ4n) is 16.4. The number of anilines is 2. The minimum Gasteiger partial charge on any atom is -0.462 e. The van der Waals surface area contributed by atoms with Crippen molar-refractivity contribution in [3.05, 3.63) is 199 Å². The Kier molecular flexibility index (Phi) is 28.8. The third-order valence-electron chi connectivity index (χ3n) is 22.5. The van der Waals surface area contributed by atoms with E-state index in [4.69, 9.17) is 22.8 Å². The molecule has 4 aromatic heterocycles. The molecule has 0 saturated carbocycles. The quantitative estimate of drug-likeness (QED) is 0.0435. The number of carbonyl (C=O) groups excluding carboxylic acids is 3. The average Bonchev–Trinajstić information content (AvgIpc) is 1.70. The number of piperidine rings is 3. The third kappa shape index (κ3) is 20.9. The SMILES string of the molecule is Cc1ccccc1C1CC2CCC(C1)N2C(=O)CSCc1c(C)noc1C.Cc1ccccc1C1CC2CCC(C1)N2C(=O)CSCc1c(C)noc1C.Cc1ccccc1N1CCC(OC(=O)CCSCc2c(C)noc2C)CC1.Cc1ccccc1N1CCN(CCSCc2c(C)noc2C)CC1. The fourth-order valence-corrected chi connectivity index (χ4v) is 20.7. The molecule has 10 heterocycles. The number of aromatic nitrogens is 4. The van der Waals surface area contributed by atoms with E-state index in [0.29, 0.717) is 65.7 Å². The molecule has 6 fully saturated rings. The van der Waals surface area contributed by atoms with Crippen LogP contribution in [0.15, 0.2) is 115 Å². The molecule has 4 atom stereocenters. The molecule has 2 amide bonds. The van der Waals surface area contributed by atoms with E-state index in [9.17, 15) is 14.4 Å². The van der Waals surface area contributed by atoms with E-state index in [1.54, 1.807) is 35.3 Å². The Balaban J connectivity index is 0.000000140. The monoisotopic (exact) mass is 1500 g/mol. The lowest BCUT2D eigenvalue weighted by atomic mass is 9.83. The van der Waals surface area contributed by atoms with Crippen LogP contribution in [-0.2, 0) is 42.1 Å². The summed E-state index contributed by atoms with van der Waals surface area (Å²) in [5.41, 5.74) is 19.6. The molecule has 4 bridgehead atoms. The number of hydrogen-bond acceptors (Lipinski definition) is 19. The van der Waals surface area contributed by atoms with Crippen molar-refractivity contribution in [1.29, 1.82) is 0 Å². The first-order chi connectivity index (χ1) is 50.8. The van der Waals surface area contributed by atoms with Crippen molar-refractivity contribution in [3.63, 3.8) is 0 Å². The number of benzene rings is 4. The molecule has 0 N–H and O–H groups in total. The van der Waals surface area contributed by atoms with Crippen LogP contribution in [-0.4, -0.2) is 152 Å². The summed E-state index contributed by atoms with van der Waals surface area (Å²) in [5.74, 6) is 11.7. The number of para-hydroxylation sites is 2. The van der Waals surface area contributed by atoms with Gasteiger partial charge in [0.15, 0.2) is 0 Å². The van der Waals surface area contributed by atoms with Gasteiger partial charge in [-0.15, -0.1) is 23.5 Å². The smallest absolute Gasteiger partial charge is 0.306 e. The number of piperazine rings is 1. The highest BCUT2D eigenvalue weighted by Crippen LogP contribution is 2.46. The number of rotatable bonds is 23. The van der Waals surface area contributed by atoms with Gasteiger partial charge in [-0.25, -0.2) is 0 Å². The molecule has 0 radical (unpaired) electrons. The lowest BCUT2D eigenvalue weighted by Crippen LogP contribution is -2.47. The zero-order valence-electron chi connectivity index (χ0n) is 64.1. The Bertz CT molecular complexity index is 3890. The molecule has 6 saturated heterocycles. The standard InChI is InChI=1S/2C22H28N2O2S.C21H28N2O3S.C19H27N3OS/c2*1-14-6-4-5-7-20(14)17-10-18-8-9-19(11-17)24(18)22(25)13-27-12-21-15(2)23-26-16(21)3;1-15-6-4-5-7-20(15)23-11-8-18(9-12-23)25-21(24)10-13-27-14-19-16(2)22-26-17(19)3;1-15-6-4-5-7-19(15)22-10-8-21(9-11-22)12-13-24-14-18-16(2)20-23-17(18)3/h2*4-7,17-19H,8-13H2,1-3H3;4-7,18H,8-14H2,1-3H3;4-7H,8-14H2,1-3H3. The molecule has 14 rings (SSSR count). The van der Waals surface area contributed by atoms with Gasteiger partial charge in [0.25, 0.3) is 0 Å². The van der Waals surface area contributed by atoms with E-state index in [2.05, 4.69) is 170 Å². The van der Waals surface area contributed by atoms with Gasteiger partial charge in [-0.3, -0.25) is 19.3 Å². The maximum atomic E-state index is 12.9. The van der Waals surface area contributed by atoms with Gasteiger partial charge in [-0.1, -0.05) is 106 Å². The van der Waals surface area contributed by atoms with Crippen LogP contribution in [0.2, 0.25) is 0 Å². The van der Waals surface area contributed by atoms with E-state index in [-0.39, 0.29) is 12.1 Å². The van der Waals surface area contributed by atoms with Crippen LogP contribution in [0.1, 0.15) is 184 Å². The van der Waals surface area contributed by atoms with Crippen molar-refractivity contribution in [1.82, 2.24) is 35.3 Å². The van der Waals surface area contributed by atoms with Crippen molar-refractivity contribution in [3.8, 4) is 0 Å². The predicted molar refractivity (Wildman–Crippen MR) is 429 cm³/mol. The normalized spacial score (nSPS) is 20.1.